The van der Waals surface area contributed by atoms with Crippen LogP contribution in [0.3, 0.4) is 0 Å². The Morgan fingerprint density at radius 3 is 2.68 bits per heavy atom. The van der Waals surface area contributed by atoms with Gasteiger partial charge in [-0.1, -0.05) is 18.2 Å². The Morgan fingerprint density at radius 1 is 1.36 bits per heavy atom. The SMILES string of the molecule is C=CCNCc1cccc(OC)c1OCC(=O)NC(C)(C)C. The zero-order chi connectivity index (χ0) is 16.6. The molecule has 1 aromatic rings. The zero-order valence-corrected chi connectivity index (χ0v) is 13.9. The van der Waals surface area contributed by atoms with Crippen LogP contribution in [0, 0.1) is 0 Å². The molecule has 0 aliphatic rings. The summed E-state index contributed by atoms with van der Waals surface area (Å²) in [6.45, 7) is 10.7. The van der Waals surface area contributed by atoms with Crippen LogP contribution in [-0.4, -0.2) is 31.7 Å². The molecule has 0 aromatic heterocycles. The summed E-state index contributed by atoms with van der Waals surface area (Å²) < 4.78 is 11.0. The summed E-state index contributed by atoms with van der Waals surface area (Å²) in [5.74, 6) is 1.04. The number of rotatable bonds is 8. The quantitative estimate of drug-likeness (QED) is 0.571. The minimum atomic E-state index is -0.282. The fourth-order valence-corrected chi connectivity index (χ4v) is 1.93. The van der Waals surface area contributed by atoms with Crippen molar-refractivity contribution < 1.29 is 14.3 Å². The van der Waals surface area contributed by atoms with Crippen molar-refractivity contribution in [1.82, 2.24) is 10.6 Å². The monoisotopic (exact) mass is 306 g/mol. The Hall–Kier alpha value is -2.01. The molecule has 0 aliphatic heterocycles. The number of carbonyl (C=O) groups is 1. The summed E-state index contributed by atoms with van der Waals surface area (Å²) in [7, 11) is 1.58. The summed E-state index contributed by atoms with van der Waals surface area (Å²) >= 11 is 0. The van der Waals surface area contributed by atoms with E-state index >= 15 is 0 Å². The lowest BCUT2D eigenvalue weighted by atomic mass is 10.1. The van der Waals surface area contributed by atoms with Gasteiger partial charge in [0.15, 0.2) is 18.1 Å². The van der Waals surface area contributed by atoms with Crippen molar-refractivity contribution in [3.8, 4) is 11.5 Å². The average Bonchev–Trinajstić information content (AvgIpc) is 2.44. The summed E-state index contributed by atoms with van der Waals surface area (Å²) in [6, 6.07) is 5.65. The van der Waals surface area contributed by atoms with Gasteiger partial charge in [0, 0.05) is 24.2 Å². The molecule has 122 valence electrons. The highest BCUT2D eigenvalue weighted by Crippen LogP contribution is 2.31. The third-order valence-corrected chi connectivity index (χ3v) is 2.75. The Bertz CT molecular complexity index is 507. The first-order chi connectivity index (χ1) is 10.4. The van der Waals surface area contributed by atoms with E-state index in [9.17, 15) is 4.79 Å². The molecule has 0 saturated carbocycles. The molecule has 1 rings (SSSR count). The van der Waals surface area contributed by atoms with Gasteiger partial charge < -0.3 is 20.1 Å². The minimum Gasteiger partial charge on any atom is -0.493 e. The fourth-order valence-electron chi connectivity index (χ4n) is 1.93. The molecule has 1 aromatic carbocycles. The highest BCUT2D eigenvalue weighted by molar-refractivity contribution is 5.78. The minimum absolute atomic E-state index is 0.0495. The molecule has 0 unspecified atom stereocenters. The van der Waals surface area contributed by atoms with Crippen molar-refractivity contribution in [2.24, 2.45) is 0 Å². The van der Waals surface area contributed by atoms with Crippen molar-refractivity contribution >= 4 is 5.91 Å². The number of para-hydroxylation sites is 1. The molecule has 0 atom stereocenters. The van der Waals surface area contributed by atoms with Crippen LogP contribution in [0.5, 0.6) is 11.5 Å². The van der Waals surface area contributed by atoms with Crippen LogP contribution in [0.4, 0.5) is 0 Å². The number of carbonyl (C=O) groups excluding carboxylic acids is 1. The second-order valence-corrected chi connectivity index (χ2v) is 5.95. The number of methoxy groups -OCH3 is 1. The van der Waals surface area contributed by atoms with E-state index in [1.54, 1.807) is 13.2 Å². The van der Waals surface area contributed by atoms with E-state index in [1.165, 1.54) is 0 Å². The Labute approximate surface area is 132 Å². The molecular weight excluding hydrogens is 280 g/mol. The number of nitrogens with one attached hydrogen (secondary N) is 2. The highest BCUT2D eigenvalue weighted by atomic mass is 16.5. The van der Waals surface area contributed by atoms with E-state index in [-0.39, 0.29) is 18.1 Å². The number of benzene rings is 1. The lowest BCUT2D eigenvalue weighted by Crippen LogP contribution is -2.43. The van der Waals surface area contributed by atoms with Crippen molar-refractivity contribution in [2.45, 2.75) is 32.9 Å². The van der Waals surface area contributed by atoms with Gasteiger partial charge in [0.25, 0.3) is 5.91 Å². The predicted molar refractivity (Wildman–Crippen MR) is 88.3 cm³/mol. The molecular formula is C17H26N2O3. The molecule has 0 aliphatic carbocycles. The molecule has 0 bridgehead atoms. The standard InChI is InChI=1S/C17H26N2O3/c1-6-10-18-11-13-8-7-9-14(21-5)16(13)22-12-15(20)19-17(2,3)4/h6-9,18H,1,10-12H2,2-5H3,(H,19,20). The van der Waals surface area contributed by atoms with Crippen LogP contribution < -0.4 is 20.1 Å². The lowest BCUT2D eigenvalue weighted by molar-refractivity contribution is -0.124. The fraction of sp³-hybridized carbons (Fsp3) is 0.471. The molecule has 1 amide bonds. The number of ether oxygens (including phenoxy) is 2. The zero-order valence-electron chi connectivity index (χ0n) is 13.9. The van der Waals surface area contributed by atoms with Gasteiger partial charge in [-0.3, -0.25) is 4.79 Å². The lowest BCUT2D eigenvalue weighted by Gasteiger charge is -2.21. The first kappa shape index (κ1) is 18.0. The van der Waals surface area contributed by atoms with Crippen LogP contribution in [0.25, 0.3) is 0 Å². The molecule has 2 N–H and O–H groups in total. The molecule has 5 heteroatoms. The van der Waals surface area contributed by atoms with Crippen molar-refractivity contribution in [1.29, 1.82) is 0 Å². The second kappa shape index (κ2) is 8.44. The van der Waals surface area contributed by atoms with Gasteiger partial charge in [0.05, 0.1) is 7.11 Å². The third kappa shape index (κ3) is 6.18. The predicted octanol–water partition coefficient (Wildman–Crippen LogP) is 2.26. The summed E-state index contributed by atoms with van der Waals surface area (Å²) in [4.78, 5) is 11.9. The molecule has 0 saturated heterocycles. The van der Waals surface area contributed by atoms with E-state index in [0.717, 1.165) is 5.56 Å². The van der Waals surface area contributed by atoms with Crippen LogP contribution in [0.2, 0.25) is 0 Å². The van der Waals surface area contributed by atoms with E-state index < -0.39 is 0 Å². The number of hydrogen-bond donors (Lipinski definition) is 2. The van der Waals surface area contributed by atoms with Crippen molar-refractivity contribution in [2.75, 3.05) is 20.3 Å². The Kier molecular flexibility index (Phi) is 6.92. The smallest absolute Gasteiger partial charge is 0.258 e. The van der Waals surface area contributed by atoms with E-state index in [1.807, 2.05) is 39.0 Å². The van der Waals surface area contributed by atoms with Gasteiger partial charge in [0.1, 0.15) is 0 Å². The van der Waals surface area contributed by atoms with Gasteiger partial charge in [-0.2, -0.15) is 0 Å². The van der Waals surface area contributed by atoms with Gasteiger partial charge in [-0.05, 0) is 26.8 Å². The Balaban J connectivity index is 2.77. The highest BCUT2D eigenvalue weighted by Gasteiger charge is 2.16. The topological polar surface area (TPSA) is 59.6 Å². The molecule has 22 heavy (non-hydrogen) atoms. The first-order valence-electron chi connectivity index (χ1n) is 7.28. The van der Waals surface area contributed by atoms with Gasteiger partial charge in [-0.15, -0.1) is 6.58 Å². The van der Waals surface area contributed by atoms with Crippen LogP contribution in [-0.2, 0) is 11.3 Å². The number of hydrogen-bond acceptors (Lipinski definition) is 4. The van der Waals surface area contributed by atoms with E-state index in [2.05, 4.69) is 17.2 Å². The van der Waals surface area contributed by atoms with Gasteiger partial charge in [-0.25, -0.2) is 0 Å². The van der Waals surface area contributed by atoms with Gasteiger partial charge >= 0.3 is 0 Å². The van der Waals surface area contributed by atoms with Crippen LogP contribution >= 0.6 is 0 Å². The first-order valence-corrected chi connectivity index (χ1v) is 7.28. The molecule has 0 spiro atoms. The largest absolute Gasteiger partial charge is 0.493 e. The van der Waals surface area contributed by atoms with Crippen LogP contribution in [0.1, 0.15) is 26.3 Å². The van der Waals surface area contributed by atoms with E-state index in [4.69, 9.17) is 9.47 Å². The van der Waals surface area contributed by atoms with Gasteiger partial charge in [0.2, 0.25) is 0 Å². The maximum atomic E-state index is 11.9. The van der Waals surface area contributed by atoms with E-state index in [0.29, 0.717) is 24.6 Å². The van der Waals surface area contributed by atoms with Crippen molar-refractivity contribution in [3.63, 3.8) is 0 Å². The summed E-state index contributed by atoms with van der Waals surface area (Å²) in [5.41, 5.74) is 0.653. The summed E-state index contributed by atoms with van der Waals surface area (Å²) in [5, 5.41) is 6.08. The molecule has 0 fully saturated rings. The maximum absolute atomic E-state index is 11.9. The second-order valence-electron chi connectivity index (χ2n) is 5.95. The molecule has 0 radical (unpaired) electrons. The molecule has 5 nitrogen and oxygen atoms in total. The van der Waals surface area contributed by atoms with Crippen molar-refractivity contribution in [3.05, 3.63) is 36.4 Å². The maximum Gasteiger partial charge on any atom is 0.258 e. The molecule has 0 heterocycles. The third-order valence-electron chi connectivity index (χ3n) is 2.75. The normalized spacial score (nSPS) is 10.9. The average molecular weight is 306 g/mol. The number of amides is 1. The Morgan fingerprint density at radius 2 is 2.09 bits per heavy atom. The van der Waals surface area contributed by atoms with Crippen LogP contribution in [0.15, 0.2) is 30.9 Å². The summed E-state index contributed by atoms with van der Waals surface area (Å²) in [6.07, 6.45) is 1.79.